The predicted molar refractivity (Wildman–Crippen MR) is 58.8 cm³/mol. The van der Waals surface area contributed by atoms with Gasteiger partial charge in [0.05, 0.1) is 11.4 Å². The number of hydrogen-bond donors (Lipinski definition) is 0. The van der Waals surface area contributed by atoms with Crippen molar-refractivity contribution in [3.63, 3.8) is 0 Å². The molecule has 0 spiro atoms. The molecule has 0 aliphatic heterocycles. The second-order valence-electron chi connectivity index (χ2n) is 2.87. The molecular formula is C11H16N2. The quantitative estimate of drug-likeness (QED) is 0.577. The molecule has 0 heterocycles. The van der Waals surface area contributed by atoms with E-state index in [1.807, 2.05) is 20.0 Å². The van der Waals surface area contributed by atoms with Gasteiger partial charge < -0.3 is 0 Å². The minimum atomic E-state index is 0.813. The molecule has 0 saturated heterocycles. The summed E-state index contributed by atoms with van der Waals surface area (Å²) >= 11 is 0. The summed E-state index contributed by atoms with van der Waals surface area (Å²) in [6.45, 7) is 4.99. The average Bonchev–Trinajstić information content (AvgIpc) is 2.19. The molecule has 0 unspecified atom stereocenters. The first-order valence-electron chi connectivity index (χ1n) is 4.72. The number of nitrogens with zero attached hydrogens (tertiary/aromatic N) is 2. The SMILES string of the molecule is CC/N=C1/C=CC(CC)=C/C1=N/C. The fourth-order valence-electron chi connectivity index (χ4n) is 1.27. The Morgan fingerprint density at radius 1 is 1.15 bits per heavy atom. The van der Waals surface area contributed by atoms with Crippen molar-refractivity contribution >= 4 is 11.4 Å². The zero-order chi connectivity index (χ0) is 9.68. The highest BCUT2D eigenvalue weighted by Crippen LogP contribution is 2.10. The van der Waals surface area contributed by atoms with Crippen LogP contribution in [0.15, 0.2) is 33.8 Å². The van der Waals surface area contributed by atoms with Gasteiger partial charge in [-0.15, -0.1) is 0 Å². The zero-order valence-electron chi connectivity index (χ0n) is 8.54. The summed E-state index contributed by atoms with van der Waals surface area (Å²) in [5.41, 5.74) is 3.32. The molecule has 1 aliphatic rings. The zero-order valence-corrected chi connectivity index (χ0v) is 8.54. The standard InChI is InChI=1S/C11H16N2/c1-4-9-6-7-10(13-5-2)11(8-9)12-3/h6-8H,4-5H2,1-3H3/b12-11-,13-10-. The maximum Gasteiger partial charge on any atom is 0.0826 e. The molecule has 0 aromatic heterocycles. The van der Waals surface area contributed by atoms with Crippen LogP contribution in [0.25, 0.3) is 0 Å². The van der Waals surface area contributed by atoms with Gasteiger partial charge in [-0.3, -0.25) is 9.98 Å². The molecule has 2 heteroatoms. The topological polar surface area (TPSA) is 24.7 Å². The third-order valence-electron chi connectivity index (χ3n) is 2.02. The molecule has 0 saturated carbocycles. The molecule has 0 amide bonds. The number of aliphatic imine (C=N–C) groups is 2. The second kappa shape index (κ2) is 4.75. The monoisotopic (exact) mass is 176 g/mol. The summed E-state index contributed by atoms with van der Waals surface area (Å²) in [6.07, 6.45) is 7.32. The minimum absolute atomic E-state index is 0.813. The van der Waals surface area contributed by atoms with Gasteiger partial charge in [-0.05, 0) is 31.1 Å². The van der Waals surface area contributed by atoms with Crippen molar-refractivity contribution in [3.8, 4) is 0 Å². The molecule has 0 fully saturated rings. The van der Waals surface area contributed by atoms with Crippen LogP contribution in [0.1, 0.15) is 20.3 Å². The fraction of sp³-hybridized carbons (Fsp3) is 0.455. The summed E-state index contributed by atoms with van der Waals surface area (Å²) in [5.74, 6) is 0. The molecule has 13 heavy (non-hydrogen) atoms. The molecule has 0 bridgehead atoms. The molecule has 2 nitrogen and oxygen atoms in total. The van der Waals surface area contributed by atoms with E-state index < -0.39 is 0 Å². The molecule has 0 radical (unpaired) electrons. The summed E-state index contributed by atoms with van der Waals surface area (Å²) in [4.78, 5) is 8.56. The Morgan fingerprint density at radius 2 is 1.92 bits per heavy atom. The average molecular weight is 176 g/mol. The smallest absolute Gasteiger partial charge is 0.0826 e. The first-order chi connectivity index (χ1) is 6.31. The van der Waals surface area contributed by atoms with Crippen LogP contribution in [0.4, 0.5) is 0 Å². The maximum absolute atomic E-state index is 4.36. The normalized spacial score (nSPS) is 22.5. The third-order valence-corrected chi connectivity index (χ3v) is 2.02. The summed E-state index contributed by atoms with van der Waals surface area (Å²) < 4.78 is 0. The van der Waals surface area contributed by atoms with Crippen LogP contribution in [-0.2, 0) is 0 Å². The van der Waals surface area contributed by atoms with Crippen molar-refractivity contribution < 1.29 is 0 Å². The van der Waals surface area contributed by atoms with Crippen molar-refractivity contribution in [1.82, 2.24) is 0 Å². The predicted octanol–water partition coefficient (Wildman–Crippen LogP) is 2.42. The van der Waals surface area contributed by atoms with E-state index in [1.54, 1.807) is 0 Å². The van der Waals surface area contributed by atoms with E-state index >= 15 is 0 Å². The maximum atomic E-state index is 4.36. The van der Waals surface area contributed by atoms with E-state index in [0.29, 0.717) is 0 Å². The van der Waals surface area contributed by atoms with Crippen LogP contribution in [0.2, 0.25) is 0 Å². The van der Waals surface area contributed by atoms with Gasteiger partial charge >= 0.3 is 0 Å². The number of allylic oxidation sites excluding steroid dienone is 4. The summed E-state index contributed by atoms with van der Waals surface area (Å²) in [7, 11) is 1.81. The van der Waals surface area contributed by atoms with E-state index in [-0.39, 0.29) is 0 Å². The first kappa shape index (κ1) is 9.90. The van der Waals surface area contributed by atoms with Gasteiger partial charge in [0, 0.05) is 13.6 Å². The van der Waals surface area contributed by atoms with Gasteiger partial charge in [0.2, 0.25) is 0 Å². The highest BCUT2D eigenvalue weighted by Gasteiger charge is 2.07. The van der Waals surface area contributed by atoms with E-state index in [2.05, 4.69) is 29.1 Å². The highest BCUT2D eigenvalue weighted by molar-refractivity contribution is 6.51. The number of rotatable bonds is 2. The lowest BCUT2D eigenvalue weighted by molar-refractivity contribution is 1.13. The van der Waals surface area contributed by atoms with Crippen LogP contribution >= 0.6 is 0 Å². The van der Waals surface area contributed by atoms with E-state index in [0.717, 1.165) is 24.4 Å². The summed E-state index contributed by atoms with van der Waals surface area (Å²) in [5, 5.41) is 0. The van der Waals surface area contributed by atoms with Crippen LogP contribution in [0.5, 0.6) is 0 Å². The van der Waals surface area contributed by atoms with Crippen LogP contribution in [0, 0.1) is 0 Å². The summed E-state index contributed by atoms with van der Waals surface area (Å²) in [6, 6.07) is 0. The second-order valence-corrected chi connectivity index (χ2v) is 2.87. The minimum Gasteiger partial charge on any atom is -0.286 e. The van der Waals surface area contributed by atoms with Crippen molar-refractivity contribution in [2.24, 2.45) is 9.98 Å². The lowest BCUT2D eigenvalue weighted by Crippen LogP contribution is -2.13. The van der Waals surface area contributed by atoms with Gasteiger partial charge in [0.1, 0.15) is 0 Å². The molecule has 0 aromatic carbocycles. The van der Waals surface area contributed by atoms with E-state index in [4.69, 9.17) is 0 Å². The van der Waals surface area contributed by atoms with E-state index in [9.17, 15) is 0 Å². The molecule has 0 atom stereocenters. The third kappa shape index (κ3) is 2.38. The molecule has 70 valence electrons. The largest absolute Gasteiger partial charge is 0.286 e. The highest BCUT2D eigenvalue weighted by atomic mass is 14.8. The van der Waals surface area contributed by atoms with Gasteiger partial charge in [0.15, 0.2) is 0 Å². The lowest BCUT2D eigenvalue weighted by atomic mass is 10.0. The van der Waals surface area contributed by atoms with Crippen molar-refractivity contribution in [1.29, 1.82) is 0 Å². The van der Waals surface area contributed by atoms with Crippen molar-refractivity contribution in [3.05, 3.63) is 23.8 Å². The Morgan fingerprint density at radius 3 is 2.46 bits per heavy atom. The van der Waals surface area contributed by atoms with Gasteiger partial charge in [0.25, 0.3) is 0 Å². The Kier molecular flexibility index (Phi) is 3.62. The molecule has 0 aromatic rings. The molecular weight excluding hydrogens is 160 g/mol. The van der Waals surface area contributed by atoms with Crippen LogP contribution < -0.4 is 0 Å². The fourth-order valence-corrected chi connectivity index (χ4v) is 1.27. The molecule has 1 aliphatic carbocycles. The molecule has 1 rings (SSSR count). The lowest BCUT2D eigenvalue weighted by Gasteiger charge is -2.08. The Balaban J connectivity index is 2.94. The number of hydrogen-bond acceptors (Lipinski definition) is 2. The molecule has 0 N–H and O–H groups in total. The van der Waals surface area contributed by atoms with Crippen LogP contribution in [-0.4, -0.2) is 25.0 Å². The van der Waals surface area contributed by atoms with E-state index in [1.165, 1.54) is 5.57 Å². The van der Waals surface area contributed by atoms with Crippen molar-refractivity contribution in [2.45, 2.75) is 20.3 Å². The van der Waals surface area contributed by atoms with Gasteiger partial charge in [-0.25, -0.2) is 0 Å². The Bertz CT molecular complexity index is 293. The Hall–Kier alpha value is -1.18. The van der Waals surface area contributed by atoms with Crippen LogP contribution in [0.3, 0.4) is 0 Å². The van der Waals surface area contributed by atoms with Gasteiger partial charge in [-0.2, -0.15) is 0 Å². The first-order valence-corrected chi connectivity index (χ1v) is 4.72. The van der Waals surface area contributed by atoms with Crippen molar-refractivity contribution in [2.75, 3.05) is 13.6 Å². The Labute approximate surface area is 79.8 Å². The van der Waals surface area contributed by atoms with Gasteiger partial charge in [-0.1, -0.05) is 13.0 Å².